The lowest BCUT2D eigenvalue weighted by molar-refractivity contribution is 0.402. The zero-order valence-corrected chi connectivity index (χ0v) is 19.4. The van der Waals surface area contributed by atoms with Crippen LogP contribution in [0.15, 0.2) is 61.2 Å². The fraction of sp³-hybridized carbons (Fsp3) is 0.115. The first-order chi connectivity index (χ1) is 17.5. The van der Waals surface area contributed by atoms with Gasteiger partial charge in [-0.05, 0) is 37.9 Å². The average molecular weight is 482 g/mol. The molecule has 10 heteroatoms. The Hall–Kier alpha value is -4.57. The van der Waals surface area contributed by atoms with Crippen LogP contribution in [0.4, 0.5) is 8.78 Å². The number of nitrogens with one attached hydrogen (secondary N) is 2. The molecule has 0 spiro atoms. The van der Waals surface area contributed by atoms with E-state index in [1.807, 2.05) is 25.1 Å². The second kappa shape index (κ2) is 8.58. The summed E-state index contributed by atoms with van der Waals surface area (Å²) in [6.45, 7) is 0.665. The molecule has 0 unspecified atom stereocenters. The maximum absolute atomic E-state index is 15.9. The summed E-state index contributed by atoms with van der Waals surface area (Å²) >= 11 is 0. The average Bonchev–Trinajstić information content (AvgIpc) is 3.49. The molecule has 8 nitrogen and oxygen atoms in total. The van der Waals surface area contributed by atoms with Gasteiger partial charge in [-0.1, -0.05) is 18.2 Å². The summed E-state index contributed by atoms with van der Waals surface area (Å²) in [7, 11) is 3.91. The van der Waals surface area contributed by atoms with Crippen molar-refractivity contribution in [3.05, 3.63) is 78.4 Å². The van der Waals surface area contributed by atoms with Gasteiger partial charge in [0, 0.05) is 41.8 Å². The normalized spacial score (nSPS) is 11.7. The van der Waals surface area contributed by atoms with Crippen molar-refractivity contribution in [2.24, 2.45) is 0 Å². The van der Waals surface area contributed by atoms with E-state index in [9.17, 15) is 4.39 Å². The zero-order chi connectivity index (χ0) is 24.8. The third kappa shape index (κ3) is 3.68. The molecule has 5 heterocycles. The minimum Gasteiger partial charge on any atom is -0.335 e. The largest absolute Gasteiger partial charge is 0.335 e. The number of halogens is 2. The van der Waals surface area contributed by atoms with Crippen molar-refractivity contribution < 1.29 is 8.78 Å². The van der Waals surface area contributed by atoms with Gasteiger partial charge in [-0.3, -0.25) is 15.1 Å². The minimum absolute atomic E-state index is 0.166. The molecule has 0 aliphatic carbocycles. The maximum Gasteiger partial charge on any atom is 0.178 e. The number of aromatic nitrogens is 7. The van der Waals surface area contributed by atoms with Gasteiger partial charge >= 0.3 is 0 Å². The Morgan fingerprint density at radius 3 is 2.64 bits per heavy atom. The van der Waals surface area contributed by atoms with E-state index in [1.165, 1.54) is 12.3 Å². The van der Waals surface area contributed by atoms with E-state index >= 15 is 4.39 Å². The molecular formula is C26H20F2N8. The molecule has 1 aromatic carbocycles. The molecular weight excluding hydrogens is 462 g/mol. The van der Waals surface area contributed by atoms with Gasteiger partial charge < -0.3 is 9.88 Å². The van der Waals surface area contributed by atoms with Crippen molar-refractivity contribution in [1.29, 1.82) is 0 Å². The molecule has 2 N–H and O–H groups in total. The van der Waals surface area contributed by atoms with Crippen LogP contribution >= 0.6 is 0 Å². The lowest BCUT2D eigenvalue weighted by Crippen LogP contribution is -2.10. The summed E-state index contributed by atoms with van der Waals surface area (Å²) in [5.74, 6) is -0.593. The summed E-state index contributed by atoms with van der Waals surface area (Å²) in [6, 6.07) is 10.1. The Balaban J connectivity index is 1.50. The predicted octanol–water partition coefficient (Wildman–Crippen LogP) is 4.97. The first-order valence-electron chi connectivity index (χ1n) is 11.2. The molecule has 178 valence electrons. The molecule has 0 radical (unpaired) electrons. The monoisotopic (exact) mass is 482 g/mol. The number of H-pyrrole nitrogens is 2. The van der Waals surface area contributed by atoms with Crippen LogP contribution < -0.4 is 0 Å². The molecule has 0 fully saturated rings. The number of aromatic amines is 2. The Morgan fingerprint density at radius 1 is 0.944 bits per heavy atom. The first kappa shape index (κ1) is 21.9. The second-order valence-corrected chi connectivity index (χ2v) is 8.72. The summed E-state index contributed by atoms with van der Waals surface area (Å²) in [5, 5.41) is 7.38. The summed E-state index contributed by atoms with van der Waals surface area (Å²) in [6.07, 6.45) is 6.43. The van der Waals surface area contributed by atoms with Crippen molar-refractivity contribution in [2.45, 2.75) is 6.54 Å². The lowest BCUT2D eigenvalue weighted by atomic mass is 10.1. The Bertz CT molecular complexity index is 1740. The third-order valence-corrected chi connectivity index (χ3v) is 5.89. The number of hydrogen-bond donors (Lipinski definition) is 2. The van der Waals surface area contributed by atoms with E-state index < -0.39 is 5.82 Å². The maximum atomic E-state index is 15.9. The topological polar surface area (TPSA) is 99.3 Å². The van der Waals surface area contributed by atoms with E-state index in [0.717, 1.165) is 5.56 Å². The van der Waals surface area contributed by atoms with Crippen molar-refractivity contribution in [3.63, 3.8) is 0 Å². The fourth-order valence-corrected chi connectivity index (χ4v) is 4.34. The van der Waals surface area contributed by atoms with Gasteiger partial charge in [0.1, 0.15) is 17.2 Å². The molecule has 0 aliphatic rings. The minimum atomic E-state index is -0.539. The van der Waals surface area contributed by atoms with Crippen LogP contribution in [-0.4, -0.2) is 54.1 Å². The zero-order valence-electron chi connectivity index (χ0n) is 19.4. The Morgan fingerprint density at radius 2 is 1.81 bits per heavy atom. The highest BCUT2D eigenvalue weighted by molar-refractivity contribution is 5.97. The van der Waals surface area contributed by atoms with Crippen LogP contribution in [0.1, 0.15) is 5.56 Å². The summed E-state index contributed by atoms with van der Waals surface area (Å²) in [5.41, 5.74) is 4.29. The summed E-state index contributed by atoms with van der Waals surface area (Å²) in [4.78, 5) is 22.6. The molecule has 0 saturated carbocycles. The van der Waals surface area contributed by atoms with Crippen LogP contribution in [-0.2, 0) is 6.54 Å². The Kier molecular flexibility index (Phi) is 5.23. The quantitative estimate of drug-likeness (QED) is 0.360. The van der Waals surface area contributed by atoms with Gasteiger partial charge in [0.25, 0.3) is 0 Å². The number of pyridine rings is 3. The molecule has 0 bridgehead atoms. The van der Waals surface area contributed by atoms with E-state index in [1.54, 1.807) is 42.9 Å². The van der Waals surface area contributed by atoms with Crippen LogP contribution in [0.3, 0.4) is 0 Å². The number of benzene rings is 1. The van der Waals surface area contributed by atoms with Gasteiger partial charge in [-0.15, -0.1) is 0 Å². The molecule has 6 aromatic rings. The SMILES string of the molecule is CN(C)Cc1cncc(-c2ncc3[nH]nc(-c4nc5nccc(-c6ccccc6F)c5[nH]4)c3c2F)c1. The molecule has 6 rings (SSSR count). The number of fused-ring (bicyclic) bond motifs is 2. The van der Waals surface area contributed by atoms with Gasteiger partial charge in [0.05, 0.1) is 22.6 Å². The van der Waals surface area contributed by atoms with E-state index in [0.29, 0.717) is 45.7 Å². The van der Waals surface area contributed by atoms with Crippen molar-refractivity contribution in [2.75, 3.05) is 14.1 Å². The summed E-state index contributed by atoms with van der Waals surface area (Å²) < 4.78 is 30.4. The molecule has 5 aromatic heterocycles. The highest BCUT2D eigenvalue weighted by atomic mass is 19.1. The van der Waals surface area contributed by atoms with Crippen molar-refractivity contribution in [3.8, 4) is 33.9 Å². The van der Waals surface area contributed by atoms with Crippen LogP contribution in [0.2, 0.25) is 0 Å². The van der Waals surface area contributed by atoms with Crippen LogP contribution in [0, 0.1) is 11.6 Å². The van der Waals surface area contributed by atoms with Crippen molar-refractivity contribution >= 4 is 22.1 Å². The lowest BCUT2D eigenvalue weighted by Gasteiger charge is -2.10. The van der Waals surface area contributed by atoms with Gasteiger partial charge in [-0.2, -0.15) is 5.10 Å². The second-order valence-electron chi connectivity index (χ2n) is 8.72. The predicted molar refractivity (Wildman–Crippen MR) is 133 cm³/mol. The molecule has 0 saturated heterocycles. The molecule has 0 aliphatic heterocycles. The van der Waals surface area contributed by atoms with Gasteiger partial charge in [0.2, 0.25) is 0 Å². The van der Waals surface area contributed by atoms with Crippen LogP contribution in [0.25, 0.3) is 56.0 Å². The fourth-order valence-electron chi connectivity index (χ4n) is 4.34. The number of hydrogen-bond acceptors (Lipinski definition) is 6. The molecule has 0 amide bonds. The Labute approximate surface area is 204 Å². The standard InChI is InChI=1S/C26H20F2N8/c1-36(2)13-14-9-15(11-29-10-14)22-21(28)20-19(12-31-22)34-35-24(20)26-32-23-17(7-8-30-25(23)33-26)16-5-3-4-6-18(16)27/h3-12H,13H2,1-2H3,(H,34,35)(H,30,32,33). The van der Waals surface area contributed by atoms with Gasteiger partial charge in [-0.25, -0.2) is 18.7 Å². The molecule has 36 heavy (non-hydrogen) atoms. The highest BCUT2D eigenvalue weighted by Crippen LogP contribution is 2.34. The van der Waals surface area contributed by atoms with Gasteiger partial charge in [0.15, 0.2) is 17.3 Å². The van der Waals surface area contributed by atoms with Crippen LogP contribution in [0.5, 0.6) is 0 Å². The smallest absolute Gasteiger partial charge is 0.178 e. The van der Waals surface area contributed by atoms with Crippen molar-refractivity contribution in [1.82, 2.24) is 40.0 Å². The van der Waals surface area contributed by atoms with E-state index in [2.05, 4.69) is 35.1 Å². The third-order valence-electron chi connectivity index (χ3n) is 5.89. The van der Waals surface area contributed by atoms with E-state index in [4.69, 9.17) is 0 Å². The first-order valence-corrected chi connectivity index (χ1v) is 11.2. The number of imidazole rings is 1. The van der Waals surface area contributed by atoms with E-state index in [-0.39, 0.29) is 22.6 Å². The number of rotatable bonds is 5. The highest BCUT2D eigenvalue weighted by Gasteiger charge is 2.22. The molecule has 0 atom stereocenters. The number of nitrogens with zero attached hydrogens (tertiary/aromatic N) is 6.